The Morgan fingerprint density at radius 2 is 1.89 bits per heavy atom. The van der Waals surface area contributed by atoms with E-state index in [-0.39, 0.29) is 10.8 Å². The van der Waals surface area contributed by atoms with Crippen LogP contribution in [0.15, 0.2) is 29.2 Å². The van der Waals surface area contributed by atoms with Gasteiger partial charge < -0.3 is 0 Å². The summed E-state index contributed by atoms with van der Waals surface area (Å²) in [6, 6.07) is 6.04. The molecule has 152 valence electrons. The molecule has 1 aliphatic heterocycles. The number of carbonyl (C=O) groups excluding carboxylic acids is 1. The minimum atomic E-state index is -3.53. The van der Waals surface area contributed by atoms with E-state index in [1.54, 1.807) is 13.8 Å². The summed E-state index contributed by atoms with van der Waals surface area (Å²) in [4.78, 5) is 20.8. The van der Waals surface area contributed by atoms with Crippen LogP contribution < -0.4 is 5.32 Å². The maximum atomic E-state index is 12.5. The number of nitrogens with zero attached hydrogens (tertiary/aromatic N) is 3. The molecule has 0 saturated heterocycles. The van der Waals surface area contributed by atoms with E-state index in [0.29, 0.717) is 23.8 Å². The average molecular weight is 423 g/mol. The summed E-state index contributed by atoms with van der Waals surface area (Å²) in [5, 5.41) is 3.43. The van der Waals surface area contributed by atoms with Gasteiger partial charge in [0.15, 0.2) is 5.13 Å². The molecule has 2 aromatic rings. The van der Waals surface area contributed by atoms with Crippen molar-refractivity contribution >= 4 is 32.4 Å². The summed E-state index contributed by atoms with van der Waals surface area (Å²) >= 11 is 1.51. The van der Waals surface area contributed by atoms with Crippen LogP contribution in [-0.4, -0.2) is 54.7 Å². The van der Waals surface area contributed by atoms with Crippen molar-refractivity contribution in [1.29, 1.82) is 0 Å². The summed E-state index contributed by atoms with van der Waals surface area (Å²) in [7, 11) is -3.53. The van der Waals surface area contributed by atoms with Crippen molar-refractivity contribution in [3.8, 4) is 0 Å². The Morgan fingerprint density at radius 1 is 1.21 bits per heavy atom. The number of aromatic nitrogens is 1. The van der Waals surface area contributed by atoms with Crippen molar-refractivity contribution in [2.75, 3.05) is 31.5 Å². The highest BCUT2D eigenvalue weighted by molar-refractivity contribution is 7.89. The second-order valence-electron chi connectivity index (χ2n) is 6.58. The molecular formula is C19H26N4O3S2. The number of carbonyl (C=O) groups is 1. The summed E-state index contributed by atoms with van der Waals surface area (Å²) in [6.07, 6.45) is 0.896. The first kappa shape index (κ1) is 20.9. The second-order valence-corrected chi connectivity index (χ2v) is 9.60. The lowest BCUT2D eigenvalue weighted by atomic mass is 10.2. The molecule has 7 nitrogen and oxygen atoms in total. The molecule has 0 saturated carbocycles. The van der Waals surface area contributed by atoms with Gasteiger partial charge in [-0.2, -0.15) is 4.31 Å². The van der Waals surface area contributed by atoms with Crippen LogP contribution in [0, 0.1) is 0 Å². The van der Waals surface area contributed by atoms with Gasteiger partial charge in [0.1, 0.15) is 0 Å². The molecule has 0 atom stereocenters. The third-order valence-electron chi connectivity index (χ3n) is 4.94. The van der Waals surface area contributed by atoms with E-state index in [4.69, 9.17) is 0 Å². The Balaban J connectivity index is 1.71. The number of hydrogen-bond donors (Lipinski definition) is 1. The van der Waals surface area contributed by atoms with Gasteiger partial charge in [0.05, 0.1) is 10.6 Å². The fourth-order valence-corrected chi connectivity index (χ4v) is 5.74. The molecule has 1 aliphatic rings. The third-order valence-corrected chi connectivity index (χ3v) is 8.00. The van der Waals surface area contributed by atoms with Crippen molar-refractivity contribution < 1.29 is 13.2 Å². The molecular weight excluding hydrogens is 396 g/mol. The van der Waals surface area contributed by atoms with E-state index in [0.717, 1.165) is 31.7 Å². The molecule has 0 radical (unpaired) electrons. The fourth-order valence-electron chi connectivity index (χ4n) is 3.23. The summed E-state index contributed by atoms with van der Waals surface area (Å²) < 4.78 is 26.5. The summed E-state index contributed by atoms with van der Waals surface area (Å²) in [5.74, 6) is -0.287. The third kappa shape index (κ3) is 4.27. The van der Waals surface area contributed by atoms with E-state index < -0.39 is 10.0 Å². The zero-order valence-corrected chi connectivity index (χ0v) is 18.1. The molecule has 0 unspecified atom stereocenters. The monoisotopic (exact) mass is 422 g/mol. The van der Waals surface area contributed by atoms with Crippen LogP contribution in [0.2, 0.25) is 0 Å². The molecule has 3 rings (SSSR count). The van der Waals surface area contributed by atoms with Gasteiger partial charge in [0.25, 0.3) is 5.91 Å². The number of sulfonamides is 1. The molecule has 2 heterocycles. The second kappa shape index (κ2) is 8.69. The van der Waals surface area contributed by atoms with Crippen molar-refractivity contribution in [3.05, 3.63) is 40.4 Å². The number of nitrogens with one attached hydrogen (secondary N) is 1. The maximum absolute atomic E-state index is 12.5. The SMILES string of the molecule is CCN1CCc2nc(NC(=O)c3ccc(S(=O)(=O)N(CC)CC)cc3)sc2C1. The molecule has 1 aromatic heterocycles. The van der Waals surface area contributed by atoms with E-state index in [1.165, 1.54) is 44.8 Å². The predicted octanol–water partition coefficient (Wildman–Crippen LogP) is 2.80. The Kier molecular flexibility index (Phi) is 6.49. The standard InChI is InChI=1S/C19H26N4O3S2/c1-4-22-12-11-16-17(13-22)27-19(20-16)21-18(24)14-7-9-15(10-8-14)28(25,26)23(5-2)6-3/h7-10H,4-6,11-13H2,1-3H3,(H,20,21,24). The average Bonchev–Trinajstić information content (AvgIpc) is 3.10. The first-order valence-electron chi connectivity index (χ1n) is 9.51. The number of benzene rings is 1. The Bertz CT molecular complexity index is 935. The summed E-state index contributed by atoms with van der Waals surface area (Å²) in [5.41, 5.74) is 1.47. The molecule has 0 bridgehead atoms. The lowest BCUT2D eigenvalue weighted by molar-refractivity contribution is 0.102. The van der Waals surface area contributed by atoms with Crippen LogP contribution >= 0.6 is 11.3 Å². The van der Waals surface area contributed by atoms with Crippen molar-refractivity contribution in [2.24, 2.45) is 0 Å². The zero-order valence-electron chi connectivity index (χ0n) is 16.4. The highest BCUT2D eigenvalue weighted by Gasteiger charge is 2.23. The van der Waals surface area contributed by atoms with Gasteiger partial charge in [-0.15, -0.1) is 11.3 Å². The molecule has 0 spiro atoms. The number of thiazole rings is 1. The zero-order chi connectivity index (χ0) is 20.3. The molecule has 1 N–H and O–H groups in total. The van der Waals surface area contributed by atoms with Gasteiger partial charge in [0.2, 0.25) is 10.0 Å². The van der Waals surface area contributed by atoms with Crippen LogP contribution in [0.4, 0.5) is 5.13 Å². The number of anilines is 1. The maximum Gasteiger partial charge on any atom is 0.257 e. The number of fused-ring (bicyclic) bond motifs is 1. The smallest absolute Gasteiger partial charge is 0.257 e. The quantitative estimate of drug-likeness (QED) is 0.742. The van der Waals surface area contributed by atoms with Crippen LogP contribution in [0.25, 0.3) is 0 Å². The summed E-state index contributed by atoms with van der Waals surface area (Å²) in [6.45, 7) is 9.42. The first-order valence-corrected chi connectivity index (χ1v) is 11.8. The minimum absolute atomic E-state index is 0.192. The Morgan fingerprint density at radius 3 is 2.50 bits per heavy atom. The molecule has 1 aromatic carbocycles. The van der Waals surface area contributed by atoms with E-state index in [1.807, 2.05) is 0 Å². The minimum Gasteiger partial charge on any atom is -0.298 e. The van der Waals surface area contributed by atoms with Crippen LogP contribution in [-0.2, 0) is 23.0 Å². The molecule has 1 amide bonds. The number of amides is 1. The van der Waals surface area contributed by atoms with Gasteiger partial charge in [-0.3, -0.25) is 15.0 Å². The normalized spacial score (nSPS) is 14.9. The number of likely N-dealkylation sites (N-methyl/N-ethyl adjacent to an activating group) is 1. The van der Waals surface area contributed by atoms with Crippen molar-refractivity contribution in [1.82, 2.24) is 14.2 Å². The first-order chi connectivity index (χ1) is 13.4. The Labute approximate surface area is 170 Å². The molecule has 0 aliphatic carbocycles. The number of rotatable bonds is 7. The molecule has 9 heteroatoms. The fraction of sp³-hybridized carbons (Fsp3) is 0.474. The lowest BCUT2D eigenvalue weighted by Crippen LogP contribution is -2.30. The van der Waals surface area contributed by atoms with Crippen molar-refractivity contribution in [2.45, 2.75) is 38.6 Å². The van der Waals surface area contributed by atoms with Gasteiger partial charge in [-0.1, -0.05) is 20.8 Å². The number of hydrogen-bond acceptors (Lipinski definition) is 6. The molecule has 28 heavy (non-hydrogen) atoms. The van der Waals surface area contributed by atoms with Gasteiger partial charge in [-0.05, 0) is 30.8 Å². The van der Waals surface area contributed by atoms with E-state index in [2.05, 4.69) is 22.1 Å². The van der Waals surface area contributed by atoms with Crippen molar-refractivity contribution in [3.63, 3.8) is 0 Å². The van der Waals surface area contributed by atoms with E-state index >= 15 is 0 Å². The highest BCUT2D eigenvalue weighted by atomic mass is 32.2. The van der Waals surface area contributed by atoms with Crippen LogP contribution in [0.3, 0.4) is 0 Å². The van der Waals surface area contributed by atoms with E-state index in [9.17, 15) is 13.2 Å². The predicted molar refractivity (Wildman–Crippen MR) is 111 cm³/mol. The largest absolute Gasteiger partial charge is 0.298 e. The van der Waals surface area contributed by atoms with Gasteiger partial charge in [-0.25, -0.2) is 13.4 Å². The van der Waals surface area contributed by atoms with Crippen LogP contribution in [0.5, 0.6) is 0 Å². The molecule has 0 fully saturated rings. The lowest BCUT2D eigenvalue weighted by Gasteiger charge is -2.23. The van der Waals surface area contributed by atoms with Gasteiger partial charge in [0, 0.05) is 43.0 Å². The topological polar surface area (TPSA) is 82.6 Å². The van der Waals surface area contributed by atoms with Crippen LogP contribution in [0.1, 0.15) is 41.7 Å². The Hall–Kier alpha value is -1.81. The highest BCUT2D eigenvalue weighted by Crippen LogP contribution is 2.28. The van der Waals surface area contributed by atoms with Gasteiger partial charge >= 0.3 is 0 Å².